The molecule has 0 spiro atoms. The van der Waals surface area contributed by atoms with Crippen LogP contribution in [0.2, 0.25) is 0 Å². The number of carbonyl (C=O) groups is 1. The Morgan fingerprint density at radius 3 is 2.30 bits per heavy atom. The molecule has 0 bridgehead atoms. The fourth-order valence-electron chi connectivity index (χ4n) is 8.43. The van der Waals surface area contributed by atoms with Gasteiger partial charge in [-0.3, -0.25) is 14.6 Å². The summed E-state index contributed by atoms with van der Waals surface area (Å²) >= 11 is 1.62. The molecule has 1 saturated carbocycles. The van der Waals surface area contributed by atoms with E-state index in [0.29, 0.717) is 41.9 Å². The number of hydrogen-bond donors (Lipinski definition) is 0. The van der Waals surface area contributed by atoms with E-state index in [4.69, 9.17) is 18.9 Å². The van der Waals surface area contributed by atoms with Gasteiger partial charge in [-0.25, -0.2) is 0 Å². The lowest BCUT2D eigenvalue weighted by Gasteiger charge is -2.41. The lowest BCUT2D eigenvalue weighted by Crippen LogP contribution is -2.49. The largest absolute Gasteiger partial charge is 0.493 e. The minimum absolute atomic E-state index is 0.0474. The van der Waals surface area contributed by atoms with Crippen molar-refractivity contribution < 1.29 is 23.7 Å². The predicted octanol–water partition coefficient (Wildman–Crippen LogP) is 10.0. The molecule has 3 aliphatic rings. The highest BCUT2D eigenvalue weighted by Gasteiger charge is 2.33. The van der Waals surface area contributed by atoms with Crippen LogP contribution in [-0.4, -0.2) is 74.2 Å². The van der Waals surface area contributed by atoms with Gasteiger partial charge in [-0.05, 0) is 143 Å². The predicted molar refractivity (Wildman–Crippen MR) is 218 cm³/mol. The Hall–Kier alpha value is -4.37. The maximum atomic E-state index is 14.7. The van der Waals surface area contributed by atoms with Gasteiger partial charge in [0.2, 0.25) is 0 Å². The number of benzene rings is 4. The number of hydrogen-bond acceptors (Lipinski definition) is 8. The molecular weight excluding hydrogens is 693 g/mol. The number of carbonyl (C=O) groups excluding carboxylic acids is 1. The summed E-state index contributed by atoms with van der Waals surface area (Å²) in [7, 11) is 1.66. The SMILES string of the molecule is COc1cc(C(=O)c2c(-c3ccc(OCCN4CCCC4)cc3)sc3cc(OCc4ccccc4)ccc23)ccc1O[C@@H]1CCCC[C@H]1N1CCCCC1. The fraction of sp³-hybridized carbons (Fsp3) is 0.413. The third-order valence-corrected chi connectivity index (χ3v) is 12.6. The molecule has 282 valence electrons. The van der Waals surface area contributed by atoms with E-state index in [9.17, 15) is 4.79 Å². The first kappa shape index (κ1) is 36.6. The fourth-order valence-corrected chi connectivity index (χ4v) is 9.67. The number of rotatable bonds is 14. The maximum absolute atomic E-state index is 14.7. The van der Waals surface area contributed by atoms with Crippen molar-refractivity contribution in [1.29, 1.82) is 0 Å². The molecule has 7 nitrogen and oxygen atoms in total. The Balaban J connectivity index is 1.07. The summed E-state index contributed by atoms with van der Waals surface area (Å²) in [6, 6.07) is 30.5. The highest BCUT2D eigenvalue weighted by atomic mass is 32.1. The number of fused-ring (bicyclic) bond motifs is 1. The second-order valence-electron chi connectivity index (χ2n) is 15.0. The van der Waals surface area contributed by atoms with E-state index in [1.807, 2.05) is 60.7 Å². The summed E-state index contributed by atoms with van der Waals surface area (Å²) in [5.74, 6) is 2.86. The van der Waals surface area contributed by atoms with Crippen LogP contribution in [0.15, 0.2) is 91.0 Å². The first-order valence-corrected chi connectivity index (χ1v) is 20.8. The van der Waals surface area contributed by atoms with Crippen LogP contribution in [0.25, 0.3) is 20.5 Å². The summed E-state index contributed by atoms with van der Waals surface area (Å²) in [6.07, 6.45) is 11.1. The average molecular weight is 745 g/mol. The smallest absolute Gasteiger partial charge is 0.195 e. The van der Waals surface area contributed by atoms with Crippen molar-refractivity contribution >= 4 is 27.2 Å². The Kier molecular flexibility index (Phi) is 11.8. The van der Waals surface area contributed by atoms with Crippen molar-refractivity contribution in [3.63, 3.8) is 0 Å². The molecule has 8 rings (SSSR count). The van der Waals surface area contributed by atoms with Crippen LogP contribution < -0.4 is 18.9 Å². The Bertz CT molecular complexity index is 2000. The van der Waals surface area contributed by atoms with E-state index in [1.54, 1.807) is 18.4 Å². The molecule has 5 aromatic rings. The van der Waals surface area contributed by atoms with Gasteiger partial charge in [0.1, 0.15) is 30.8 Å². The molecule has 1 aromatic heterocycles. The van der Waals surface area contributed by atoms with Gasteiger partial charge in [-0.2, -0.15) is 0 Å². The number of piperidine rings is 1. The topological polar surface area (TPSA) is 60.5 Å². The molecule has 4 aromatic carbocycles. The Morgan fingerprint density at radius 1 is 0.741 bits per heavy atom. The van der Waals surface area contributed by atoms with Crippen molar-refractivity contribution in [2.75, 3.05) is 46.4 Å². The van der Waals surface area contributed by atoms with Crippen LogP contribution in [0.5, 0.6) is 23.0 Å². The van der Waals surface area contributed by atoms with Crippen LogP contribution in [0.4, 0.5) is 0 Å². The van der Waals surface area contributed by atoms with Gasteiger partial charge < -0.3 is 18.9 Å². The van der Waals surface area contributed by atoms with E-state index in [-0.39, 0.29) is 11.9 Å². The normalized spacial score (nSPS) is 19.5. The van der Waals surface area contributed by atoms with Crippen molar-refractivity contribution in [3.8, 4) is 33.4 Å². The molecule has 8 heteroatoms. The van der Waals surface area contributed by atoms with Gasteiger partial charge in [0, 0.05) is 38.7 Å². The van der Waals surface area contributed by atoms with Crippen molar-refractivity contribution in [2.45, 2.75) is 76.5 Å². The molecular formula is C46H52N2O5S. The molecule has 0 N–H and O–H groups in total. The van der Waals surface area contributed by atoms with Gasteiger partial charge in [0.15, 0.2) is 17.3 Å². The monoisotopic (exact) mass is 744 g/mol. The van der Waals surface area contributed by atoms with Crippen LogP contribution in [-0.2, 0) is 6.61 Å². The molecule has 2 aliphatic heterocycles. The van der Waals surface area contributed by atoms with Gasteiger partial charge in [0.05, 0.1) is 7.11 Å². The minimum atomic E-state index is -0.0474. The Morgan fingerprint density at radius 2 is 1.50 bits per heavy atom. The first-order valence-electron chi connectivity index (χ1n) is 20.0. The van der Waals surface area contributed by atoms with Crippen LogP contribution >= 0.6 is 11.3 Å². The van der Waals surface area contributed by atoms with Crippen molar-refractivity contribution in [2.24, 2.45) is 0 Å². The van der Waals surface area contributed by atoms with Crippen molar-refractivity contribution in [1.82, 2.24) is 9.80 Å². The van der Waals surface area contributed by atoms with E-state index >= 15 is 0 Å². The number of likely N-dealkylation sites (tertiary alicyclic amines) is 2. The zero-order valence-electron chi connectivity index (χ0n) is 31.5. The number of nitrogens with zero attached hydrogens (tertiary/aromatic N) is 2. The minimum Gasteiger partial charge on any atom is -0.493 e. The number of methoxy groups -OCH3 is 1. The second kappa shape index (κ2) is 17.4. The Labute approximate surface area is 323 Å². The van der Waals surface area contributed by atoms with Crippen molar-refractivity contribution in [3.05, 3.63) is 108 Å². The van der Waals surface area contributed by atoms with E-state index in [2.05, 4.69) is 40.1 Å². The third kappa shape index (κ3) is 8.46. The molecule has 3 heterocycles. The van der Waals surface area contributed by atoms with Gasteiger partial charge in [-0.1, -0.05) is 43.2 Å². The van der Waals surface area contributed by atoms with Gasteiger partial charge >= 0.3 is 0 Å². The van der Waals surface area contributed by atoms with Gasteiger partial charge in [0.25, 0.3) is 0 Å². The van der Waals surface area contributed by atoms with Crippen LogP contribution in [0, 0.1) is 0 Å². The molecule has 2 saturated heterocycles. The molecule has 1 aliphatic carbocycles. The van der Waals surface area contributed by atoms with E-state index in [1.165, 1.54) is 51.4 Å². The third-order valence-electron chi connectivity index (χ3n) is 11.4. The highest BCUT2D eigenvalue weighted by molar-refractivity contribution is 7.22. The molecule has 0 radical (unpaired) electrons. The maximum Gasteiger partial charge on any atom is 0.195 e. The summed E-state index contributed by atoms with van der Waals surface area (Å²) in [4.78, 5) is 20.7. The quantitative estimate of drug-likeness (QED) is 0.105. The zero-order chi connectivity index (χ0) is 36.7. The molecule has 54 heavy (non-hydrogen) atoms. The summed E-state index contributed by atoms with van der Waals surface area (Å²) in [6.45, 7) is 6.71. The van der Waals surface area contributed by atoms with Crippen LogP contribution in [0.1, 0.15) is 79.3 Å². The number of ether oxygens (including phenoxy) is 4. The molecule has 0 unspecified atom stereocenters. The molecule has 2 atom stereocenters. The standard InChI is InChI=1S/C46H52N2O5S/c1-50-42-30-35(18-23-41(42)53-40-15-7-6-14-39(40)48-26-8-3-9-27-48)45(49)44-38-22-21-37(52-32-33-12-4-2-5-13-33)31-43(38)54-46(44)34-16-19-36(20-17-34)51-29-28-47-24-10-11-25-47/h2,4-5,12-13,16-23,30-31,39-40H,3,6-11,14-15,24-29,32H2,1H3/t39-,40-/m1/s1. The van der Waals surface area contributed by atoms with E-state index < -0.39 is 0 Å². The lowest BCUT2D eigenvalue weighted by molar-refractivity contribution is 0.0248. The summed E-state index contributed by atoms with van der Waals surface area (Å²) in [5, 5.41) is 0.906. The van der Waals surface area contributed by atoms with Crippen LogP contribution in [0.3, 0.4) is 0 Å². The lowest BCUT2D eigenvalue weighted by atomic mass is 9.90. The average Bonchev–Trinajstić information content (AvgIpc) is 3.89. The first-order chi connectivity index (χ1) is 26.6. The second-order valence-corrected chi connectivity index (χ2v) is 16.0. The van der Waals surface area contributed by atoms with Gasteiger partial charge in [-0.15, -0.1) is 11.3 Å². The zero-order valence-corrected chi connectivity index (χ0v) is 32.3. The highest BCUT2D eigenvalue weighted by Crippen LogP contribution is 2.43. The summed E-state index contributed by atoms with van der Waals surface area (Å²) < 4.78 is 26.0. The molecule has 0 amide bonds. The summed E-state index contributed by atoms with van der Waals surface area (Å²) in [5.41, 5.74) is 3.34. The number of thiophene rings is 1. The van der Waals surface area contributed by atoms with E-state index in [0.717, 1.165) is 76.7 Å². The molecule has 3 fully saturated rings. The number of ketones is 1.